The van der Waals surface area contributed by atoms with Crippen molar-refractivity contribution < 1.29 is 38.2 Å². The maximum atomic E-state index is 15.1. The highest BCUT2D eigenvalue weighted by molar-refractivity contribution is 7.20. The van der Waals surface area contributed by atoms with Gasteiger partial charge >= 0.3 is 11.9 Å². The van der Waals surface area contributed by atoms with E-state index in [2.05, 4.69) is 15.3 Å². The minimum atomic E-state index is -1.10. The Balaban J connectivity index is 1.41. The Morgan fingerprint density at radius 3 is 1.71 bits per heavy atom. The SMILES string of the molecule is O=C(O)CCC(=O)c1nc2cc(F)c([C@H]3CN[C@H]3c3cc4sc(C(=O)CCC(=O)O)nc4cc3F)cc2s1. The van der Waals surface area contributed by atoms with Crippen molar-refractivity contribution in [2.45, 2.75) is 37.6 Å². The summed E-state index contributed by atoms with van der Waals surface area (Å²) >= 11 is 2.10. The first-order valence-corrected chi connectivity index (χ1v) is 13.2. The fraction of sp³-hybridized carbons (Fsp3) is 0.280. The van der Waals surface area contributed by atoms with Crippen LogP contribution in [0, 0.1) is 11.6 Å². The van der Waals surface area contributed by atoms with Crippen LogP contribution in [0.3, 0.4) is 0 Å². The van der Waals surface area contributed by atoms with Gasteiger partial charge in [0.25, 0.3) is 0 Å². The molecular formula is C25H19F2N3O6S2. The van der Waals surface area contributed by atoms with Crippen LogP contribution in [-0.2, 0) is 9.59 Å². The number of carbonyl (C=O) groups excluding carboxylic acids is 2. The van der Waals surface area contributed by atoms with E-state index in [9.17, 15) is 19.2 Å². The third kappa shape index (κ3) is 5.04. The van der Waals surface area contributed by atoms with Crippen molar-refractivity contribution in [1.82, 2.24) is 15.3 Å². The number of nitrogens with one attached hydrogen (secondary N) is 1. The van der Waals surface area contributed by atoms with Crippen molar-refractivity contribution in [2.24, 2.45) is 0 Å². The highest BCUT2D eigenvalue weighted by atomic mass is 32.1. The molecule has 1 saturated heterocycles. The van der Waals surface area contributed by atoms with Crippen molar-refractivity contribution in [3.8, 4) is 0 Å². The molecule has 13 heteroatoms. The van der Waals surface area contributed by atoms with E-state index >= 15 is 8.78 Å². The molecule has 2 aromatic heterocycles. The molecule has 1 aliphatic rings. The van der Waals surface area contributed by atoms with Crippen LogP contribution in [0.25, 0.3) is 20.4 Å². The van der Waals surface area contributed by atoms with E-state index < -0.39 is 47.1 Å². The van der Waals surface area contributed by atoms with E-state index in [0.717, 1.165) is 22.7 Å². The van der Waals surface area contributed by atoms with Crippen LogP contribution in [0.4, 0.5) is 8.78 Å². The first-order valence-electron chi connectivity index (χ1n) is 11.5. The summed E-state index contributed by atoms with van der Waals surface area (Å²) in [5.74, 6) is -4.59. The predicted molar refractivity (Wildman–Crippen MR) is 135 cm³/mol. The highest BCUT2D eigenvalue weighted by Crippen LogP contribution is 2.42. The van der Waals surface area contributed by atoms with Crippen LogP contribution < -0.4 is 5.32 Å². The number of hydrogen-bond acceptors (Lipinski definition) is 9. The number of aromatic nitrogens is 2. The fourth-order valence-corrected chi connectivity index (χ4v) is 6.24. The number of carbonyl (C=O) groups is 4. The average molecular weight is 560 g/mol. The molecule has 0 bridgehead atoms. The van der Waals surface area contributed by atoms with Crippen molar-refractivity contribution >= 4 is 66.6 Å². The quantitative estimate of drug-likeness (QED) is 0.235. The predicted octanol–water partition coefficient (Wildman–Crippen LogP) is 4.71. The van der Waals surface area contributed by atoms with Crippen molar-refractivity contribution in [3.05, 3.63) is 57.0 Å². The number of fused-ring (bicyclic) bond motifs is 2. The minimum absolute atomic E-state index is 0.103. The van der Waals surface area contributed by atoms with Gasteiger partial charge in [0.2, 0.25) is 0 Å². The maximum absolute atomic E-state index is 15.1. The second-order valence-electron chi connectivity index (χ2n) is 8.85. The lowest BCUT2D eigenvalue weighted by Crippen LogP contribution is -2.44. The van der Waals surface area contributed by atoms with Gasteiger partial charge in [0.1, 0.15) is 11.6 Å². The largest absolute Gasteiger partial charge is 0.481 e. The summed E-state index contributed by atoms with van der Waals surface area (Å²) in [5, 5.41) is 20.9. The number of carboxylic acids is 2. The smallest absolute Gasteiger partial charge is 0.303 e. The molecule has 2 atom stereocenters. The van der Waals surface area contributed by atoms with Crippen LogP contribution in [0.15, 0.2) is 24.3 Å². The zero-order chi connectivity index (χ0) is 27.1. The molecule has 5 rings (SSSR count). The van der Waals surface area contributed by atoms with Crippen LogP contribution in [0.1, 0.15) is 68.4 Å². The summed E-state index contributed by atoms with van der Waals surface area (Å²) in [7, 11) is 0. The van der Waals surface area contributed by atoms with Gasteiger partial charge in [-0.1, -0.05) is 0 Å². The first kappa shape index (κ1) is 25.9. The van der Waals surface area contributed by atoms with Gasteiger partial charge in [0, 0.05) is 49.0 Å². The standard InChI is InChI=1S/C25H19F2N3O6S2/c26-13-7-15-19(37-24(29-15)17(31)1-3-21(33)34)5-10(13)12-9-28-23(12)11-6-20-16(8-14(11)27)30-25(38-20)18(32)2-4-22(35)36/h5-8,12,23,28H,1-4,9H2,(H,33,34)(H,35,36)/t12-,23+/m1/s1. The van der Waals surface area contributed by atoms with Crippen LogP contribution >= 0.6 is 22.7 Å². The summed E-state index contributed by atoms with van der Waals surface area (Å²) in [6.45, 7) is 0.384. The molecule has 1 aliphatic heterocycles. The highest BCUT2D eigenvalue weighted by Gasteiger charge is 2.37. The van der Waals surface area contributed by atoms with Crippen LogP contribution in [0.2, 0.25) is 0 Å². The number of ketones is 2. The monoisotopic (exact) mass is 559 g/mol. The molecule has 0 amide bonds. The van der Waals surface area contributed by atoms with Gasteiger partial charge in [0.05, 0.1) is 33.3 Å². The number of nitrogens with zero attached hydrogens (tertiary/aromatic N) is 2. The molecule has 0 spiro atoms. The van der Waals surface area contributed by atoms with E-state index in [-0.39, 0.29) is 52.3 Å². The number of carboxylic acid groups (broad SMARTS) is 2. The number of rotatable bonds is 10. The average Bonchev–Trinajstić information content (AvgIpc) is 3.44. The molecular weight excluding hydrogens is 540 g/mol. The van der Waals surface area contributed by atoms with Gasteiger partial charge in [-0.05, 0) is 17.7 Å². The number of benzene rings is 2. The minimum Gasteiger partial charge on any atom is -0.481 e. The molecule has 9 nitrogen and oxygen atoms in total. The molecule has 0 unspecified atom stereocenters. The number of halogens is 2. The topological polar surface area (TPSA) is 147 Å². The Kier molecular flexibility index (Phi) is 6.99. The van der Waals surface area contributed by atoms with Crippen molar-refractivity contribution in [3.63, 3.8) is 0 Å². The number of Topliss-reactive ketones (excluding diaryl/α,β-unsaturated/α-hetero) is 2. The Morgan fingerprint density at radius 1 is 0.789 bits per heavy atom. The third-order valence-electron chi connectivity index (χ3n) is 6.32. The molecule has 0 aliphatic carbocycles. The summed E-state index contributed by atoms with van der Waals surface area (Å²) in [6, 6.07) is 5.05. The normalized spacial score (nSPS) is 17.0. The Labute approximate surface area is 221 Å². The molecule has 1 fully saturated rings. The second kappa shape index (κ2) is 10.2. The molecule has 2 aromatic carbocycles. The van der Waals surface area contributed by atoms with E-state index in [1.165, 1.54) is 12.1 Å². The van der Waals surface area contributed by atoms with E-state index in [1.54, 1.807) is 12.1 Å². The first-order chi connectivity index (χ1) is 18.1. The van der Waals surface area contributed by atoms with E-state index in [4.69, 9.17) is 10.2 Å². The Hall–Kier alpha value is -3.68. The van der Waals surface area contributed by atoms with Crippen LogP contribution in [-0.4, -0.2) is 50.2 Å². The van der Waals surface area contributed by atoms with Gasteiger partial charge in [-0.3, -0.25) is 19.2 Å². The lowest BCUT2D eigenvalue weighted by atomic mass is 9.80. The summed E-state index contributed by atoms with van der Waals surface area (Å²) < 4.78 is 31.3. The zero-order valence-corrected chi connectivity index (χ0v) is 21.1. The Bertz CT molecular complexity index is 1510. The van der Waals surface area contributed by atoms with E-state index in [0.29, 0.717) is 21.5 Å². The lowest BCUT2D eigenvalue weighted by Gasteiger charge is -2.39. The fourth-order valence-electron chi connectivity index (χ4n) is 4.31. The molecule has 3 heterocycles. The van der Waals surface area contributed by atoms with Crippen LogP contribution in [0.5, 0.6) is 0 Å². The van der Waals surface area contributed by atoms with Gasteiger partial charge in [-0.15, -0.1) is 22.7 Å². The van der Waals surface area contributed by atoms with Crippen molar-refractivity contribution in [1.29, 1.82) is 0 Å². The molecule has 4 aromatic rings. The number of thiazole rings is 2. The number of aliphatic carboxylic acids is 2. The lowest BCUT2D eigenvalue weighted by molar-refractivity contribution is -0.137. The summed E-state index contributed by atoms with van der Waals surface area (Å²) in [6.07, 6.45) is -1.05. The Morgan fingerprint density at radius 2 is 1.26 bits per heavy atom. The van der Waals surface area contributed by atoms with E-state index in [1.807, 2.05) is 0 Å². The zero-order valence-electron chi connectivity index (χ0n) is 19.5. The molecule has 0 saturated carbocycles. The summed E-state index contributed by atoms with van der Waals surface area (Å²) in [4.78, 5) is 54.3. The second-order valence-corrected chi connectivity index (χ2v) is 10.9. The maximum Gasteiger partial charge on any atom is 0.303 e. The van der Waals surface area contributed by atoms with Gasteiger partial charge in [0.15, 0.2) is 21.6 Å². The van der Waals surface area contributed by atoms with Gasteiger partial charge in [-0.2, -0.15) is 0 Å². The molecule has 38 heavy (non-hydrogen) atoms. The summed E-state index contributed by atoms with van der Waals surface area (Å²) in [5.41, 5.74) is 1.19. The van der Waals surface area contributed by atoms with Crippen molar-refractivity contribution in [2.75, 3.05) is 6.54 Å². The number of hydrogen-bond donors (Lipinski definition) is 3. The molecule has 196 valence electrons. The van der Waals surface area contributed by atoms with Gasteiger partial charge < -0.3 is 15.5 Å². The van der Waals surface area contributed by atoms with Gasteiger partial charge in [-0.25, -0.2) is 18.7 Å². The third-order valence-corrected chi connectivity index (χ3v) is 8.44. The molecule has 3 N–H and O–H groups in total. The molecule has 0 radical (unpaired) electrons.